The molecular weight excluding hydrogens is 258 g/mol. The zero-order valence-corrected chi connectivity index (χ0v) is 11.6. The minimum atomic E-state index is -0.485. The Kier molecular flexibility index (Phi) is 4.20. The smallest absolute Gasteiger partial charge is 0.270 e. The summed E-state index contributed by atoms with van der Waals surface area (Å²) in [6, 6.07) is 6.47. The van der Waals surface area contributed by atoms with Crippen LogP contribution in [0.3, 0.4) is 0 Å². The molecule has 0 spiro atoms. The number of benzene rings is 1. The first-order valence-corrected chi connectivity index (χ1v) is 6.53. The van der Waals surface area contributed by atoms with E-state index in [1.165, 1.54) is 12.1 Å². The number of non-ortho nitro benzene ring substituents is 1. The molecule has 20 heavy (non-hydrogen) atoms. The van der Waals surface area contributed by atoms with Gasteiger partial charge in [0.25, 0.3) is 5.69 Å². The molecule has 106 valence electrons. The molecule has 2 atom stereocenters. The summed E-state index contributed by atoms with van der Waals surface area (Å²) in [5.41, 5.74) is 1.02. The number of hydrogen-bond donors (Lipinski definition) is 0. The van der Waals surface area contributed by atoms with E-state index in [0.717, 1.165) is 18.7 Å². The van der Waals surface area contributed by atoms with E-state index >= 15 is 0 Å². The van der Waals surface area contributed by atoms with Crippen LogP contribution in [0.25, 0.3) is 0 Å². The van der Waals surface area contributed by atoms with Crippen LogP contribution in [-0.4, -0.2) is 31.2 Å². The van der Waals surface area contributed by atoms with Crippen LogP contribution in [-0.2, 0) is 4.74 Å². The van der Waals surface area contributed by atoms with Crippen molar-refractivity contribution >= 4 is 11.4 Å². The predicted molar refractivity (Wildman–Crippen MR) is 74.6 cm³/mol. The molecule has 2 unspecified atom stereocenters. The Hall–Kier alpha value is -2.13. The molecule has 0 radical (unpaired) electrons. The Bertz CT molecular complexity index is 553. The van der Waals surface area contributed by atoms with Gasteiger partial charge < -0.3 is 9.64 Å². The molecule has 0 N–H and O–H groups in total. The minimum absolute atomic E-state index is 0.0565. The van der Waals surface area contributed by atoms with Crippen LogP contribution in [0.1, 0.15) is 18.9 Å². The second-order valence-electron chi connectivity index (χ2n) is 5.06. The fraction of sp³-hybridized carbons (Fsp3) is 0.500. The molecule has 6 heteroatoms. The lowest BCUT2D eigenvalue weighted by molar-refractivity contribution is -0.384. The number of methoxy groups -OCH3 is 1. The molecular formula is C14H17N3O3. The highest BCUT2D eigenvalue weighted by atomic mass is 16.6. The number of rotatable bonds is 3. The van der Waals surface area contributed by atoms with Crippen LogP contribution >= 0.6 is 0 Å². The van der Waals surface area contributed by atoms with Crippen LogP contribution in [0.2, 0.25) is 0 Å². The molecule has 1 heterocycles. The van der Waals surface area contributed by atoms with Crippen molar-refractivity contribution in [2.75, 3.05) is 25.1 Å². The van der Waals surface area contributed by atoms with E-state index in [4.69, 9.17) is 4.74 Å². The lowest BCUT2D eigenvalue weighted by atomic mass is 9.95. The molecule has 1 aromatic rings. The predicted octanol–water partition coefficient (Wildman–Crippen LogP) is 2.33. The van der Waals surface area contributed by atoms with Gasteiger partial charge in [-0.15, -0.1) is 0 Å². The van der Waals surface area contributed by atoms with Gasteiger partial charge in [0.2, 0.25) is 0 Å². The molecule has 1 aliphatic rings. The Morgan fingerprint density at radius 3 is 2.90 bits per heavy atom. The molecule has 6 nitrogen and oxygen atoms in total. The summed E-state index contributed by atoms with van der Waals surface area (Å²) in [5, 5.41) is 20.0. The van der Waals surface area contributed by atoms with E-state index in [2.05, 4.69) is 11.8 Å². The van der Waals surface area contributed by atoms with Gasteiger partial charge in [-0.1, -0.05) is 6.92 Å². The average molecular weight is 275 g/mol. The maximum atomic E-state index is 10.8. The fourth-order valence-electron chi connectivity index (χ4n) is 2.56. The zero-order chi connectivity index (χ0) is 14.7. The van der Waals surface area contributed by atoms with Crippen LogP contribution < -0.4 is 4.90 Å². The number of piperidine rings is 1. The molecule has 0 aliphatic carbocycles. The SMILES string of the molecule is COC1CN(c2ccc([N+](=O)[O-])cc2C#N)CCC1C. The fourth-order valence-corrected chi connectivity index (χ4v) is 2.56. The molecule has 1 aliphatic heterocycles. The third-order valence-corrected chi connectivity index (χ3v) is 3.84. The van der Waals surface area contributed by atoms with Gasteiger partial charge in [-0.05, 0) is 18.4 Å². The van der Waals surface area contributed by atoms with Crippen molar-refractivity contribution in [1.29, 1.82) is 5.26 Å². The highest BCUT2D eigenvalue weighted by Crippen LogP contribution is 2.29. The molecule has 0 bridgehead atoms. The standard InChI is InChI=1S/C14H17N3O3/c1-10-5-6-16(9-14(10)20-2)13-4-3-12(17(18)19)7-11(13)8-15/h3-4,7,10,14H,5-6,9H2,1-2H3. The van der Waals surface area contributed by atoms with Crippen molar-refractivity contribution in [3.8, 4) is 6.07 Å². The number of nitro groups is 1. The van der Waals surface area contributed by atoms with E-state index in [9.17, 15) is 15.4 Å². The number of nitriles is 1. The molecule has 1 fully saturated rings. The molecule has 1 aromatic carbocycles. The van der Waals surface area contributed by atoms with Gasteiger partial charge in [0, 0.05) is 32.3 Å². The maximum Gasteiger partial charge on any atom is 0.270 e. The lowest BCUT2D eigenvalue weighted by Gasteiger charge is -2.37. The normalized spacial score (nSPS) is 22.4. The number of ether oxygens (including phenoxy) is 1. The van der Waals surface area contributed by atoms with Crippen molar-refractivity contribution in [3.05, 3.63) is 33.9 Å². The van der Waals surface area contributed by atoms with Crippen LogP contribution in [0.15, 0.2) is 18.2 Å². The second-order valence-corrected chi connectivity index (χ2v) is 5.06. The first-order chi connectivity index (χ1) is 9.56. The topological polar surface area (TPSA) is 79.4 Å². The second kappa shape index (κ2) is 5.88. The minimum Gasteiger partial charge on any atom is -0.379 e. The van der Waals surface area contributed by atoms with Gasteiger partial charge in [0.1, 0.15) is 6.07 Å². The van der Waals surface area contributed by atoms with E-state index < -0.39 is 4.92 Å². The number of nitrogens with zero attached hydrogens (tertiary/aromatic N) is 3. The van der Waals surface area contributed by atoms with Crippen molar-refractivity contribution in [2.24, 2.45) is 5.92 Å². The van der Waals surface area contributed by atoms with E-state index in [-0.39, 0.29) is 11.8 Å². The van der Waals surface area contributed by atoms with Gasteiger partial charge in [0.15, 0.2) is 0 Å². The Morgan fingerprint density at radius 1 is 1.55 bits per heavy atom. The maximum absolute atomic E-state index is 10.8. The van der Waals surface area contributed by atoms with Gasteiger partial charge in [0.05, 0.1) is 22.3 Å². The Morgan fingerprint density at radius 2 is 2.30 bits per heavy atom. The third kappa shape index (κ3) is 2.73. The largest absolute Gasteiger partial charge is 0.379 e. The van der Waals surface area contributed by atoms with Crippen molar-refractivity contribution in [3.63, 3.8) is 0 Å². The van der Waals surface area contributed by atoms with Crippen LogP contribution in [0.4, 0.5) is 11.4 Å². The van der Waals surface area contributed by atoms with Gasteiger partial charge in [-0.3, -0.25) is 10.1 Å². The van der Waals surface area contributed by atoms with Crippen LogP contribution in [0, 0.1) is 27.4 Å². The van der Waals surface area contributed by atoms with Crippen LogP contribution in [0.5, 0.6) is 0 Å². The molecule has 0 saturated carbocycles. The highest BCUT2D eigenvalue weighted by Gasteiger charge is 2.27. The van der Waals surface area contributed by atoms with Gasteiger partial charge >= 0.3 is 0 Å². The van der Waals surface area contributed by atoms with Crippen molar-refractivity contribution < 1.29 is 9.66 Å². The molecule has 0 aromatic heterocycles. The Balaban J connectivity index is 2.29. The van der Waals surface area contributed by atoms with E-state index in [1.807, 2.05) is 6.07 Å². The first-order valence-electron chi connectivity index (χ1n) is 6.53. The number of hydrogen-bond acceptors (Lipinski definition) is 5. The number of nitro benzene ring substituents is 1. The summed E-state index contributed by atoms with van der Waals surface area (Å²) in [4.78, 5) is 12.3. The lowest BCUT2D eigenvalue weighted by Crippen LogP contribution is -2.44. The van der Waals surface area contributed by atoms with Crippen molar-refractivity contribution in [1.82, 2.24) is 0 Å². The summed E-state index contributed by atoms with van der Waals surface area (Å²) < 4.78 is 5.46. The van der Waals surface area contributed by atoms with Gasteiger partial charge in [-0.25, -0.2) is 0 Å². The average Bonchev–Trinajstić information content (AvgIpc) is 2.47. The Labute approximate surface area is 117 Å². The summed E-state index contributed by atoms with van der Waals surface area (Å²) >= 11 is 0. The summed E-state index contributed by atoms with van der Waals surface area (Å²) in [6.45, 7) is 3.67. The molecule has 1 saturated heterocycles. The highest BCUT2D eigenvalue weighted by molar-refractivity contribution is 5.63. The number of anilines is 1. The molecule has 2 rings (SSSR count). The molecule has 0 amide bonds. The summed E-state index contributed by atoms with van der Waals surface area (Å²) in [6.07, 6.45) is 1.09. The van der Waals surface area contributed by atoms with Crippen molar-refractivity contribution in [2.45, 2.75) is 19.4 Å². The third-order valence-electron chi connectivity index (χ3n) is 3.84. The monoisotopic (exact) mass is 275 g/mol. The zero-order valence-electron chi connectivity index (χ0n) is 11.6. The first kappa shape index (κ1) is 14.3. The summed E-state index contributed by atoms with van der Waals surface area (Å²) in [7, 11) is 1.69. The summed E-state index contributed by atoms with van der Waals surface area (Å²) in [5.74, 6) is 0.472. The van der Waals surface area contributed by atoms with E-state index in [1.54, 1.807) is 13.2 Å². The van der Waals surface area contributed by atoms with E-state index in [0.29, 0.717) is 18.0 Å². The quantitative estimate of drug-likeness (QED) is 0.624. The van der Waals surface area contributed by atoms with Gasteiger partial charge in [-0.2, -0.15) is 5.26 Å².